The third-order valence-corrected chi connectivity index (χ3v) is 12.6. The number of thiophene rings is 1. The highest BCUT2D eigenvalue weighted by atomic mass is 35.5. The average molecular weight is 673 g/mol. The number of allylic oxidation sites excluding steroid dienone is 2. The Hall–Kier alpha value is -4.35. The first-order valence-corrected chi connectivity index (χ1v) is 16.6. The lowest BCUT2D eigenvalue weighted by Crippen LogP contribution is -2.48. The molecule has 2 aromatic heterocycles. The van der Waals surface area contributed by atoms with Gasteiger partial charge in [-0.05, 0) is 67.8 Å². The van der Waals surface area contributed by atoms with Crippen molar-refractivity contribution in [3.05, 3.63) is 76.1 Å². The summed E-state index contributed by atoms with van der Waals surface area (Å²) in [4.78, 5) is 59.0. The summed E-state index contributed by atoms with van der Waals surface area (Å²) in [6.07, 6.45) is 2.30. The minimum absolute atomic E-state index is 0.158. The van der Waals surface area contributed by atoms with Crippen molar-refractivity contribution < 1.29 is 28.7 Å². The number of aryl methyl sites for hydroxylation is 2. The van der Waals surface area contributed by atoms with Crippen LogP contribution in [0.4, 0.5) is 10.2 Å². The number of hydrogen-bond donors (Lipinski definition) is 1. The highest BCUT2D eigenvalue weighted by Gasteiger charge is 2.68. The van der Waals surface area contributed by atoms with Crippen LogP contribution in [0, 0.1) is 41.8 Å². The van der Waals surface area contributed by atoms with Crippen LogP contribution in [-0.4, -0.2) is 50.5 Å². The van der Waals surface area contributed by atoms with Gasteiger partial charge in [0.1, 0.15) is 11.5 Å². The van der Waals surface area contributed by atoms with E-state index < -0.39 is 58.4 Å². The number of hydrogen-bond acceptors (Lipinski definition) is 7. The fourth-order valence-electron chi connectivity index (χ4n) is 8.72. The largest absolute Gasteiger partial charge is 0.505 e. The van der Waals surface area contributed by atoms with Gasteiger partial charge in [0.15, 0.2) is 11.6 Å². The summed E-state index contributed by atoms with van der Waals surface area (Å²) < 4.78 is 17.4. The van der Waals surface area contributed by atoms with Gasteiger partial charge in [0.2, 0.25) is 23.6 Å². The highest BCUT2D eigenvalue weighted by Crippen LogP contribution is 2.64. The molecule has 240 valence electrons. The van der Waals surface area contributed by atoms with E-state index in [1.165, 1.54) is 29.1 Å². The number of anilines is 1. The lowest BCUT2D eigenvalue weighted by atomic mass is 9.51. The third-order valence-electron chi connectivity index (χ3n) is 11.0. The second kappa shape index (κ2) is 10.1. The summed E-state index contributed by atoms with van der Waals surface area (Å²) in [5.74, 6) is -6.39. The van der Waals surface area contributed by atoms with E-state index in [1.807, 2.05) is 31.2 Å². The number of imide groups is 2. The number of carbonyl (C=O) groups is 4. The molecule has 0 unspecified atom stereocenters. The number of aromatic nitrogens is 2. The summed E-state index contributed by atoms with van der Waals surface area (Å²) in [6.45, 7) is 3.67. The molecule has 2 aliphatic heterocycles. The number of fused-ring (bicyclic) bond motifs is 5. The van der Waals surface area contributed by atoms with Gasteiger partial charge in [-0.3, -0.25) is 28.8 Å². The van der Waals surface area contributed by atoms with Crippen molar-refractivity contribution in [2.75, 3.05) is 11.9 Å². The molecule has 2 saturated heterocycles. The van der Waals surface area contributed by atoms with Crippen LogP contribution in [0.1, 0.15) is 36.8 Å². The monoisotopic (exact) mass is 672 g/mol. The summed E-state index contributed by atoms with van der Waals surface area (Å²) in [5.41, 5.74) is 0.990. The van der Waals surface area contributed by atoms with Crippen molar-refractivity contribution in [3.8, 4) is 16.3 Å². The topological polar surface area (TPSA) is 113 Å². The maximum atomic E-state index is 14.9. The minimum atomic E-state index is -1.43. The third kappa shape index (κ3) is 3.90. The molecule has 3 fully saturated rings. The van der Waals surface area contributed by atoms with Crippen molar-refractivity contribution in [2.45, 2.75) is 32.6 Å². The number of benzene rings is 2. The molecule has 1 saturated carbocycles. The number of para-hydroxylation sites is 1. The van der Waals surface area contributed by atoms with Crippen LogP contribution in [-0.2, 0) is 26.2 Å². The van der Waals surface area contributed by atoms with E-state index in [0.717, 1.165) is 36.4 Å². The summed E-state index contributed by atoms with van der Waals surface area (Å²) in [5, 5.41) is 17.4. The minimum Gasteiger partial charge on any atom is -0.505 e. The average Bonchev–Trinajstić information content (AvgIpc) is 3.70. The fourth-order valence-corrected chi connectivity index (χ4v) is 10.0. The van der Waals surface area contributed by atoms with Crippen LogP contribution in [0.15, 0.2) is 54.1 Å². The van der Waals surface area contributed by atoms with Crippen LogP contribution in [0.5, 0.6) is 5.75 Å². The Kier molecular flexibility index (Phi) is 6.43. The normalized spacial score (nSPS) is 28.6. The Labute approximate surface area is 278 Å². The second-order valence-corrected chi connectivity index (χ2v) is 14.8. The lowest BCUT2D eigenvalue weighted by Gasteiger charge is -2.49. The predicted molar refractivity (Wildman–Crippen MR) is 174 cm³/mol. The van der Waals surface area contributed by atoms with Crippen LogP contribution in [0.3, 0.4) is 0 Å². The molecule has 6 atom stereocenters. The van der Waals surface area contributed by atoms with Crippen LogP contribution >= 0.6 is 22.9 Å². The van der Waals surface area contributed by atoms with Gasteiger partial charge in [-0.2, -0.15) is 5.10 Å². The van der Waals surface area contributed by atoms with Crippen molar-refractivity contribution in [1.82, 2.24) is 14.7 Å². The number of carbonyl (C=O) groups excluding carboxylic acids is 4. The van der Waals surface area contributed by atoms with E-state index >= 15 is 0 Å². The zero-order valence-corrected chi connectivity index (χ0v) is 27.5. The zero-order chi connectivity index (χ0) is 33.3. The first-order valence-electron chi connectivity index (χ1n) is 15.4. The van der Waals surface area contributed by atoms with E-state index in [-0.39, 0.29) is 36.0 Å². The quantitative estimate of drug-likeness (QED) is 0.212. The van der Waals surface area contributed by atoms with Gasteiger partial charge in [0.05, 0.1) is 28.0 Å². The van der Waals surface area contributed by atoms with Gasteiger partial charge in [-0.15, -0.1) is 11.3 Å². The second-order valence-electron chi connectivity index (χ2n) is 13.3. The van der Waals surface area contributed by atoms with E-state index in [1.54, 1.807) is 26.1 Å². The van der Waals surface area contributed by atoms with Crippen molar-refractivity contribution in [2.24, 2.45) is 36.1 Å². The standard InChI is InChI=1S/C35H30ClFN4O5S/c1-15-20-12-16(36)8-11-25(20)47-30(15)24-14-26(40(4)38-24)41-32(44)22-13-21-17(9-10-18-27(21)33(45)39(3)31(18)43)28(35(22,2)34(41)46)19-6-5-7-23(37)29(19)42/h5-9,11-12,14,18,21-22,27-28,42H,10,13H2,1-4H3/t18-,21+,22-,27-,28+,35+/m0/s1. The molecule has 0 bridgehead atoms. The molecule has 1 N–H and O–H groups in total. The molecule has 2 aromatic carbocycles. The van der Waals surface area contributed by atoms with Gasteiger partial charge in [0, 0.05) is 41.4 Å². The Bertz CT molecular complexity index is 2140. The van der Waals surface area contributed by atoms with Crippen molar-refractivity contribution in [1.29, 1.82) is 0 Å². The number of halogens is 2. The maximum Gasteiger partial charge on any atom is 0.242 e. The number of phenols is 1. The Morgan fingerprint density at radius 1 is 1.04 bits per heavy atom. The summed E-state index contributed by atoms with van der Waals surface area (Å²) in [6, 6.07) is 11.6. The fraction of sp³-hybridized carbons (Fsp3) is 0.343. The van der Waals surface area contributed by atoms with Gasteiger partial charge < -0.3 is 5.11 Å². The molecule has 47 heavy (non-hydrogen) atoms. The molecule has 4 heterocycles. The van der Waals surface area contributed by atoms with E-state index in [4.69, 9.17) is 16.7 Å². The van der Waals surface area contributed by atoms with Crippen LogP contribution in [0.2, 0.25) is 5.02 Å². The molecule has 4 aliphatic rings. The SMILES string of the molecule is Cc1c(-c2cc(N3C(=O)[C@@H]4C[C@@H]5C(=CC[C@@H]6C(=O)N(C)C(=O)[C@@H]65)[C@H](c5cccc(F)c5O)[C@]4(C)C3=O)n(C)n2)sc2ccc(Cl)cc12. The number of rotatable bonds is 3. The highest BCUT2D eigenvalue weighted by molar-refractivity contribution is 7.22. The smallest absolute Gasteiger partial charge is 0.242 e. The zero-order valence-electron chi connectivity index (χ0n) is 26.0. The van der Waals surface area contributed by atoms with E-state index in [2.05, 4.69) is 0 Å². The van der Waals surface area contributed by atoms with Crippen LogP contribution in [0.25, 0.3) is 20.7 Å². The molecule has 12 heteroatoms. The molecule has 8 rings (SSSR count). The summed E-state index contributed by atoms with van der Waals surface area (Å²) in [7, 11) is 3.13. The first kappa shape index (κ1) is 30.0. The van der Waals surface area contributed by atoms with E-state index in [9.17, 15) is 28.7 Å². The van der Waals surface area contributed by atoms with Crippen molar-refractivity contribution >= 4 is 62.5 Å². The number of aromatic hydroxyl groups is 1. The molecule has 0 radical (unpaired) electrons. The van der Waals surface area contributed by atoms with Gasteiger partial charge in [-0.1, -0.05) is 35.4 Å². The first-order chi connectivity index (χ1) is 22.3. The number of amides is 4. The Morgan fingerprint density at radius 2 is 1.81 bits per heavy atom. The lowest BCUT2D eigenvalue weighted by molar-refractivity contribution is -0.138. The molecule has 4 aromatic rings. The summed E-state index contributed by atoms with van der Waals surface area (Å²) >= 11 is 7.80. The molecule has 2 aliphatic carbocycles. The molecule has 0 spiro atoms. The van der Waals surface area contributed by atoms with Gasteiger partial charge in [0.25, 0.3) is 0 Å². The van der Waals surface area contributed by atoms with Crippen molar-refractivity contribution in [3.63, 3.8) is 0 Å². The molecular weight excluding hydrogens is 643 g/mol. The maximum absolute atomic E-state index is 14.9. The number of phenolic OH excluding ortho intramolecular Hbond substituents is 1. The number of likely N-dealkylation sites (tertiary alicyclic amines) is 1. The van der Waals surface area contributed by atoms with Gasteiger partial charge >= 0.3 is 0 Å². The van der Waals surface area contributed by atoms with Crippen LogP contribution < -0.4 is 4.90 Å². The van der Waals surface area contributed by atoms with Gasteiger partial charge in [-0.25, -0.2) is 9.29 Å². The molecule has 9 nitrogen and oxygen atoms in total. The number of nitrogens with zero attached hydrogens (tertiary/aromatic N) is 4. The van der Waals surface area contributed by atoms with E-state index in [0.29, 0.717) is 16.3 Å². The molecule has 4 amide bonds. The Morgan fingerprint density at radius 3 is 2.57 bits per heavy atom. The predicted octanol–water partition coefficient (Wildman–Crippen LogP) is 5.97. The Balaban J connectivity index is 1.27. The molecular formula is C35H30ClFN4O5S.